The van der Waals surface area contributed by atoms with Crippen LogP contribution in [0, 0.1) is 10.1 Å². The van der Waals surface area contributed by atoms with Crippen LogP contribution in [-0.4, -0.2) is 33.2 Å². The number of thioether (sulfide) groups is 1. The Balaban J connectivity index is 2.16. The molecule has 1 atom stereocenters. The summed E-state index contributed by atoms with van der Waals surface area (Å²) in [7, 11) is 1.39. The average molecular weight is 365 g/mol. The molecule has 0 saturated carbocycles. The van der Waals surface area contributed by atoms with E-state index in [-0.39, 0.29) is 28.1 Å². The molecule has 25 heavy (non-hydrogen) atoms. The van der Waals surface area contributed by atoms with Crippen molar-refractivity contribution >= 4 is 34.9 Å². The van der Waals surface area contributed by atoms with Crippen molar-refractivity contribution in [1.82, 2.24) is 9.97 Å². The number of amides is 1. The van der Waals surface area contributed by atoms with Gasteiger partial charge in [-0.1, -0.05) is 11.8 Å². The maximum absolute atomic E-state index is 12.3. The zero-order chi connectivity index (χ0) is 18.6. The highest BCUT2D eigenvalue weighted by molar-refractivity contribution is 8.00. The van der Waals surface area contributed by atoms with Crippen LogP contribution in [0.3, 0.4) is 0 Å². The fourth-order valence-electron chi connectivity index (χ4n) is 1.87. The first-order chi connectivity index (χ1) is 11.8. The van der Waals surface area contributed by atoms with Crippen LogP contribution in [0.15, 0.2) is 34.2 Å². The Labute approximate surface area is 145 Å². The molecule has 132 valence electrons. The number of methoxy groups -OCH3 is 1. The molecule has 0 bridgehead atoms. The maximum Gasteiger partial charge on any atom is 0.271 e. The van der Waals surface area contributed by atoms with Gasteiger partial charge < -0.3 is 20.8 Å². The number of carbonyl (C=O) groups excluding carboxylic acids is 1. The van der Waals surface area contributed by atoms with Gasteiger partial charge in [0.25, 0.3) is 11.2 Å². The van der Waals surface area contributed by atoms with Crippen LogP contribution in [0.1, 0.15) is 6.92 Å². The predicted molar refractivity (Wildman–Crippen MR) is 92.9 cm³/mol. The van der Waals surface area contributed by atoms with Crippen molar-refractivity contribution in [3.05, 3.63) is 44.7 Å². The third-order valence-electron chi connectivity index (χ3n) is 3.05. The van der Waals surface area contributed by atoms with Gasteiger partial charge in [-0.15, -0.1) is 0 Å². The van der Waals surface area contributed by atoms with Crippen molar-refractivity contribution in [2.75, 3.05) is 18.2 Å². The zero-order valence-electron chi connectivity index (χ0n) is 13.3. The largest absolute Gasteiger partial charge is 0.495 e. The summed E-state index contributed by atoms with van der Waals surface area (Å²) in [5.41, 5.74) is 5.05. The van der Waals surface area contributed by atoms with Crippen LogP contribution in [0.2, 0.25) is 0 Å². The fraction of sp³-hybridized carbons (Fsp3) is 0.214. The highest BCUT2D eigenvalue weighted by atomic mass is 32.2. The molecule has 2 aromatic rings. The van der Waals surface area contributed by atoms with Gasteiger partial charge in [0, 0.05) is 18.2 Å². The predicted octanol–water partition coefficient (Wildman–Crippen LogP) is 1.39. The number of hydrogen-bond donors (Lipinski definition) is 3. The Morgan fingerprint density at radius 1 is 1.48 bits per heavy atom. The number of nitrogens with one attached hydrogen (secondary N) is 2. The fourth-order valence-corrected chi connectivity index (χ4v) is 2.69. The van der Waals surface area contributed by atoms with Gasteiger partial charge >= 0.3 is 0 Å². The van der Waals surface area contributed by atoms with Gasteiger partial charge in [0.15, 0.2) is 5.16 Å². The Morgan fingerprint density at radius 3 is 2.80 bits per heavy atom. The summed E-state index contributed by atoms with van der Waals surface area (Å²) in [5, 5.41) is 13.0. The number of aromatic amines is 1. The summed E-state index contributed by atoms with van der Waals surface area (Å²) in [4.78, 5) is 40.4. The molecular formula is C14H15N5O5S. The van der Waals surface area contributed by atoms with E-state index in [1.54, 1.807) is 6.92 Å². The Bertz CT molecular complexity index is 869. The second-order valence-electron chi connectivity index (χ2n) is 4.87. The van der Waals surface area contributed by atoms with Crippen molar-refractivity contribution < 1.29 is 14.5 Å². The van der Waals surface area contributed by atoms with E-state index in [4.69, 9.17) is 10.5 Å². The van der Waals surface area contributed by atoms with E-state index in [0.717, 1.165) is 17.8 Å². The summed E-state index contributed by atoms with van der Waals surface area (Å²) in [6, 6.07) is 4.99. The lowest BCUT2D eigenvalue weighted by atomic mass is 10.2. The maximum atomic E-state index is 12.3. The van der Waals surface area contributed by atoms with Gasteiger partial charge in [-0.2, -0.15) is 0 Å². The standard InChI is InChI=1S/C14H15N5O5S/c1-7(25-14-17-11(15)6-12(20)18-14)13(21)16-9-5-8(19(22)23)3-4-10(9)24-2/h3-7H,1-2H3,(H,16,21)(H3,15,17,18,20). The number of H-pyrrole nitrogens is 1. The summed E-state index contributed by atoms with van der Waals surface area (Å²) in [6.45, 7) is 1.59. The first-order valence-electron chi connectivity index (χ1n) is 6.97. The molecule has 0 spiro atoms. The molecule has 1 unspecified atom stereocenters. The molecular weight excluding hydrogens is 350 g/mol. The minimum Gasteiger partial charge on any atom is -0.495 e. The monoisotopic (exact) mass is 365 g/mol. The summed E-state index contributed by atoms with van der Waals surface area (Å²) in [6.07, 6.45) is 0. The van der Waals surface area contributed by atoms with Crippen LogP contribution in [0.4, 0.5) is 17.2 Å². The molecule has 1 aromatic heterocycles. The molecule has 0 aliphatic heterocycles. The molecule has 0 aliphatic rings. The first-order valence-corrected chi connectivity index (χ1v) is 7.85. The van der Waals surface area contributed by atoms with Crippen LogP contribution in [0.5, 0.6) is 5.75 Å². The molecule has 2 rings (SSSR count). The number of hydrogen-bond acceptors (Lipinski definition) is 8. The van der Waals surface area contributed by atoms with E-state index in [1.165, 1.54) is 25.3 Å². The number of rotatable bonds is 6. The molecule has 0 fully saturated rings. The Hall–Kier alpha value is -3.08. The average Bonchev–Trinajstić information content (AvgIpc) is 2.53. The third-order valence-corrected chi connectivity index (χ3v) is 4.03. The SMILES string of the molecule is COc1ccc([N+](=O)[O-])cc1NC(=O)C(C)Sc1nc(N)cc(=O)[nH]1. The Kier molecular flexibility index (Phi) is 5.60. The number of nitrogens with two attached hydrogens (primary N) is 1. The number of carbonyl (C=O) groups is 1. The van der Waals surface area contributed by atoms with Crippen molar-refractivity contribution in [2.45, 2.75) is 17.3 Å². The van der Waals surface area contributed by atoms with Crippen molar-refractivity contribution in [1.29, 1.82) is 0 Å². The van der Waals surface area contributed by atoms with Crippen LogP contribution < -0.4 is 21.3 Å². The van der Waals surface area contributed by atoms with Gasteiger partial charge in [0.05, 0.1) is 23.0 Å². The van der Waals surface area contributed by atoms with Gasteiger partial charge in [-0.25, -0.2) is 4.98 Å². The van der Waals surface area contributed by atoms with Crippen LogP contribution in [-0.2, 0) is 4.79 Å². The van der Waals surface area contributed by atoms with E-state index in [9.17, 15) is 19.7 Å². The number of ether oxygens (including phenoxy) is 1. The normalized spacial score (nSPS) is 11.6. The van der Waals surface area contributed by atoms with Crippen molar-refractivity contribution in [2.24, 2.45) is 0 Å². The molecule has 10 nitrogen and oxygen atoms in total. The van der Waals surface area contributed by atoms with Crippen molar-refractivity contribution in [3.8, 4) is 5.75 Å². The van der Waals surface area contributed by atoms with E-state index < -0.39 is 21.6 Å². The summed E-state index contributed by atoms with van der Waals surface area (Å²) in [5.74, 6) is -0.125. The number of nitro benzene ring substituents is 1. The third kappa shape index (κ3) is 4.70. The molecule has 1 amide bonds. The second-order valence-corrected chi connectivity index (χ2v) is 6.20. The first kappa shape index (κ1) is 18.3. The number of nitrogen functional groups attached to an aromatic ring is 1. The van der Waals surface area contributed by atoms with Gasteiger partial charge in [-0.05, 0) is 13.0 Å². The number of nitrogens with zero attached hydrogens (tertiary/aromatic N) is 2. The van der Waals surface area contributed by atoms with Crippen LogP contribution in [0.25, 0.3) is 0 Å². The molecule has 1 aromatic carbocycles. The van der Waals surface area contributed by atoms with Gasteiger partial charge in [-0.3, -0.25) is 19.7 Å². The highest BCUT2D eigenvalue weighted by Gasteiger charge is 2.19. The topological polar surface area (TPSA) is 153 Å². The number of aromatic nitrogens is 2. The Morgan fingerprint density at radius 2 is 2.20 bits per heavy atom. The minimum atomic E-state index is -0.658. The number of anilines is 2. The summed E-state index contributed by atoms with van der Waals surface area (Å²) >= 11 is 0.990. The molecule has 4 N–H and O–H groups in total. The van der Waals surface area contributed by atoms with Gasteiger partial charge in [0.2, 0.25) is 5.91 Å². The molecule has 1 heterocycles. The van der Waals surface area contributed by atoms with E-state index in [0.29, 0.717) is 0 Å². The van der Waals surface area contributed by atoms with E-state index in [1.807, 2.05) is 0 Å². The van der Waals surface area contributed by atoms with Crippen LogP contribution >= 0.6 is 11.8 Å². The lowest BCUT2D eigenvalue weighted by Gasteiger charge is -2.13. The highest BCUT2D eigenvalue weighted by Crippen LogP contribution is 2.30. The smallest absolute Gasteiger partial charge is 0.271 e. The molecule has 11 heteroatoms. The van der Waals surface area contributed by atoms with Gasteiger partial charge in [0.1, 0.15) is 11.6 Å². The second kappa shape index (κ2) is 7.66. The number of nitro groups is 1. The molecule has 0 radical (unpaired) electrons. The lowest BCUT2D eigenvalue weighted by molar-refractivity contribution is -0.384. The number of non-ortho nitro benzene ring substituents is 1. The minimum absolute atomic E-state index is 0.0409. The lowest BCUT2D eigenvalue weighted by Crippen LogP contribution is -2.23. The number of benzene rings is 1. The zero-order valence-corrected chi connectivity index (χ0v) is 14.1. The van der Waals surface area contributed by atoms with E-state index >= 15 is 0 Å². The van der Waals surface area contributed by atoms with Crippen molar-refractivity contribution in [3.63, 3.8) is 0 Å². The molecule has 0 saturated heterocycles. The van der Waals surface area contributed by atoms with E-state index in [2.05, 4.69) is 15.3 Å². The summed E-state index contributed by atoms with van der Waals surface area (Å²) < 4.78 is 5.09. The quantitative estimate of drug-likeness (QED) is 0.300. The molecule has 0 aliphatic carbocycles.